The first-order valence-electron chi connectivity index (χ1n) is 7.42. The van der Waals surface area contributed by atoms with Crippen molar-refractivity contribution >= 4 is 12.4 Å². The van der Waals surface area contributed by atoms with Crippen LogP contribution in [0.5, 0.6) is 0 Å². The van der Waals surface area contributed by atoms with E-state index in [1.54, 1.807) is 0 Å². The Kier molecular flexibility index (Phi) is 8.06. The second kappa shape index (κ2) is 9.61. The van der Waals surface area contributed by atoms with Crippen molar-refractivity contribution < 1.29 is 0 Å². The molecule has 0 nitrogen and oxygen atoms in total. The minimum Gasteiger partial charge on any atom is -0.147 e. The van der Waals surface area contributed by atoms with E-state index in [1.165, 1.54) is 43.2 Å². The second-order valence-electron chi connectivity index (χ2n) is 5.53. The number of rotatable bonds is 7. The van der Waals surface area contributed by atoms with E-state index in [0.717, 1.165) is 5.92 Å². The Morgan fingerprint density at radius 1 is 0.750 bits per heavy atom. The van der Waals surface area contributed by atoms with Crippen LogP contribution in [-0.4, -0.2) is 0 Å². The molecule has 0 aliphatic carbocycles. The smallest absolute Gasteiger partial charge is 0.0253 e. The Morgan fingerprint density at radius 3 is 1.90 bits per heavy atom. The van der Waals surface area contributed by atoms with E-state index >= 15 is 0 Å². The summed E-state index contributed by atoms with van der Waals surface area (Å²) in [6.45, 7) is 2.37. The Hall–Kier alpha value is -1.27. The van der Waals surface area contributed by atoms with Crippen LogP contribution in [0.25, 0.3) is 0 Å². The van der Waals surface area contributed by atoms with Crippen LogP contribution in [0.2, 0.25) is 0 Å². The van der Waals surface area contributed by atoms with E-state index in [4.69, 9.17) is 0 Å². The van der Waals surface area contributed by atoms with Gasteiger partial charge in [-0.1, -0.05) is 80.4 Å². The molecule has 0 aromatic heterocycles. The minimum absolute atomic E-state index is 0. The SMILES string of the molecule is C[C@H](CCCCc1ccccc1)Cc1ccccc1.Cl. The average molecular weight is 289 g/mol. The molecule has 0 saturated heterocycles. The number of aryl methyl sites for hydroxylation is 1. The van der Waals surface area contributed by atoms with Crippen molar-refractivity contribution in [2.45, 2.75) is 39.0 Å². The van der Waals surface area contributed by atoms with E-state index in [0.29, 0.717) is 0 Å². The molecule has 0 fully saturated rings. The standard InChI is InChI=1S/C19H24.ClH/c1-17(16-19-14-6-3-7-15-19)10-8-9-13-18-11-4-2-5-12-18;/h2-7,11-12,14-15,17H,8-10,13,16H2,1H3;1H/t17-;/m1./s1. The maximum Gasteiger partial charge on any atom is -0.0253 e. The first kappa shape index (κ1) is 16.8. The van der Waals surface area contributed by atoms with Crippen molar-refractivity contribution in [1.82, 2.24) is 0 Å². The molecule has 2 aromatic rings. The van der Waals surface area contributed by atoms with Gasteiger partial charge in [-0.15, -0.1) is 12.4 Å². The lowest BCUT2D eigenvalue weighted by Gasteiger charge is -2.11. The normalized spacial score (nSPS) is 11.7. The molecule has 0 N–H and O–H groups in total. The third-order valence-corrected chi connectivity index (χ3v) is 3.68. The van der Waals surface area contributed by atoms with Crippen molar-refractivity contribution in [3.63, 3.8) is 0 Å². The van der Waals surface area contributed by atoms with Gasteiger partial charge in [-0.05, 0) is 36.3 Å². The number of unbranched alkanes of at least 4 members (excludes halogenated alkanes) is 1. The molecule has 0 spiro atoms. The molecule has 0 saturated carbocycles. The van der Waals surface area contributed by atoms with Gasteiger partial charge in [0.05, 0.1) is 0 Å². The quantitative estimate of drug-likeness (QED) is 0.573. The van der Waals surface area contributed by atoms with E-state index in [1.807, 2.05) is 0 Å². The summed E-state index contributed by atoms with van der Waals surface area (Å²) in [5.41, 5.74) is 2.94. The number of hydrogen-bond acceptors (Lipinski definition) is 0. The molecular weight excluding hydrogens is 264 g/mol. The van der Waals surface area contributed by atoms with Gasteiger partial charge in [0, 0.05) is 0 Å². The van der Waals surface area contributed by atoms with E-state index < -0.39 is 0 Å². The highest BCUT2D eigenvalue weighted by Gasteiger charge is 2.03. The van der Waals surface area contributed by atoms with Crippen LogP contribution in [0, 0.1) is 5.92 Å². The number of halogens is 1. The zero-order chi connectivity index (χ0) is 13.3. The predicted molar refractivity (Wildman–Crippen MR) is 90.6 cm³/mol. The van der Waals surface area contributed by atoms with Gasteiger partial charge in [0.2, 0.25) is 0 Å². The van der Waals surface area contributed by atoms with Crippen molar-refractivity contribution in [3.05, 3.63) is 71.8 Å². The summed E-state index contributed by atoms with van der Waals surface area (Å²) in [5, 5.41) is 0. The highest BCUT2D eigenvalue weighted by molar-refractivity contribution is 5.85. The van der Waals surface area contributed by atoms with E-state index in [9.17, 15) is 0 Å². The molecule has 20 heavy (non-hydrogen) atoms. The van der Waals surface area contributed by atoms with Crippen molar-refractivity contribution in [3.8, 4) is 0 Å². The minimum atomic E-state index is 0. The summed E-state index contributed by atoms with van der Waals surface area (Å²) in [7, 11) is 0. The Morgan fingerprint density at radius 2 is 1.30 bits per heavy atom. The van der Waals surface area contributed by atoms with Crippen molar-refractivity contribution in [2.24, 2.45) is 5.92 Å². The molecule has 2 rings (SSSR count). The largest absolute Gasteiger partial charge is 0.147 e. The van der Waals surface area contributed by atoms with Gasteiger partial charge in [0.15, 0.2) is 0 Å². The van der Waals surface area contributed by atoms with Gasteiger partial charge < -0.3 is 0 Å². The summed E-state index contributed by atoms with van der Waals surface area (Å²) in [6, 6.07) is 21.6. The maximum absolute atomic E-state index is 2.37. The Balaban J connectivity index is 0.00000200. The molecule has 0 unspecified atom stereocenters. The summed E-state index contributed by atoms with van der Waals surface area (Å²) >= 11 is 0. The molecule has 0 heterocycles. The van der Waals surface area contributed by atoms with Gasteiger partial charge >= 0.3 is 0 Å². The van der Waals surface area contributed by atoms with Gasteiger partial charge in [0.25, 0.3) is 0 Å². The van der Waals surface area contributed by atoms with E-state index in [-0.39, 0.29) is 12.4 Å². The summed E-state index contributed by atoms with van der Waals surface area (Å²) < 4.78 is 0. The van der Waals surface area contributed by atoms with Crippen LogP contribution in [0.4, 0.5) is 0 Å². The molecule has 2 aromatic carbocycles. The fourth-order valence-electron chi connectivity index (χ4n) is 2.59. The Bertz CT molecular complexity index is 450. The second-order valence-corrected chi connectivity index (χ2v) is 5.53. The molecule has 108 valence electrons. The first-order valence-corrected chi connectivity index (χ1v) is 7.42. The zero-order valence-corrected chi connectivity index (χ0v) is 13.1. The summed E-state index contributed by atoms with van der Waals surface area (Å²) in [4.78, 5) is 0. The van der Waals surface area contributed by atoms with Crippen LogP contribution < -0.4 is 0 Å². The van der Waals surface area contributed by atoms with Crippen LogP contribution in [-0.2, 0) is 12.8 Å². The van der Waals surface area contributed by atoms with Crippen LogP contribution in [0.15, 0.2) is 60.7 Å². The Labute approximate surface area is 129 Å². The summed E-state index contributed by atoms with van der Waals surface area (Å²) in [6.07, 6.45) is 6.42. The first-order chi connectivity index (χ1) is 9.34. The van der Waals surface area contributed by atoms with Crippen LogP contribution in [0.1, 0.15) is 37.3 Å². The molecule has 0 aliphatic heterocycles. The maximum atomic E-state index is 2.37. The van der Waals surface area contributed by atoms with E-state index in [2.05, 4.69) is 67.6 Å². The fourth-order valence-corrected chi connectivity index (χ4v) is 2.59. The van der Waals surface area contributed by atoms with Gasteiger partial charge in [-0.3, -0.25) is 0 Å². The predicted octanol–water partition coefficient (Wildman–Crippen LogP) is 5.70. The molecule has 1 atom stereocenters. The third kappa shape index (κ3) is 6.25. The highest BCUT2D eigenvalue weighted by Crippen LogP contribution is 2.15. The topological polar surface area (TPSA) is 0 Å². The molecule has 1 heteroatoms. The van der Waals surface area contributed by atoms with Gasteiger partial charge in [-0.25, -0.2) is 0 Å². The summed E-state index contributed by atoms with van der Waals surface area (Å²) in [5.74, 6) is 0.790. The molecular formula is C19H25Cl. The van der Waals surface area contributed by atoms with Crippen LogP contribution in [0.3, 0.4) is 0 Å². The van der Waals surface area contributed by atoms with Gasteiger partial charge in [-0.2, -0.15) is 0 Å². The monoisotopic (exact) mass is 288 g/mol. The molecule has 0 amide bonds. The van der Waals surface area contributed by atoms with Crippen molar-refractivity contribution in [1.29, 1.82) is 0 Å². The fraction of sp³-hybridized carbons (Fsp3) is 0.368. The lowest BCUT2D eigenvalue weighted by Crippen LogP contribution is -2.00. The zero-order valence-electron chi connectivity index (χ0n) is 12.3. The lowest BCUT2D eigenvalue weighted by molar-refractivity contribution is 0.495. The van der Waals surface area contributed by atoms with Crippen molar-refractivity contribution in [2.75, 3.05) is 0 Å². The lowest BCUT2D eigenvalue weighted by atomic mass is 9.95. The number of benzene rings is 2. The molecule has 0 bridgehead atoms. The van der Waals surface area contributed by atoms with Gasteiger partial charge in [0.1, 0.15) is 0 Å². The van der Waals surface area contributed by atoms with Crippen LogP contribution >= 0.6 is 12.4 Å². The number of hydrogen-bond donors (Lipinski definition) is 0. The average Bonchev–Trinajstić information content (AvgIpc) is 2.46. The molecule has 0 radical (unpaired) electrons. The highest BCUT2D eigenvalue weighted by atomic mass is 35.5. The molecule has 0 aliphatic rings. The third-order valence-electron chi connectivity index (χ3n) is 3.68.